The van der Waals surface area contributed by atoms with Gasteiger partial charge in [-0.15, -0.1) is 0 Å². The van der Waals surface area contributed by atoms with Gasteiger partial charge in [0.05, 0.1) is 25.2 Å². The number of carboxylic acid groups (broad SMARTS) is 1. The third-order valence-electron chi connectivity index (χ3n) is 10.3. The number of aromatic nitrogens is 3. The summed E-state index contributed by atoms with van der Waals surface area (Å²) < 4.78 is 0. The van der Waals surface area contributed by atoms with Crippen LogP contribution in [-0.2, 0) is 56.0 Å². The minimum atomic E-state index is -1.69. The Morgan fingerprint density at radius 2 is 1.36 bits per heavy atom. The van der Waals surface area contributed by atoms with E-state index in [0.29, 0.717) is 30.6 Å². The average Bonchev–Trinajstić information content (AvgIpc) is 4.02. The van der Waals surface area contributed by atoms with Crippen molar-refractivity contribution in [2.45, 2.75) is 108 Å². The summed E-state index contributed by atoms with van der Waals surface area (Å²) in [5, 5.41) is 28.0. The van der Waals surface area contributed by atoms with Crippen LogP contribution in [0.4, 0.5) is 0 Å². The Hall–Kier alpha value is -6.84. The van der Waals surface area contributed by atoms with Crippen LogP contribution in [0.1, 0.15) is 64.1 Å². The Bertz CT molecular complexity index is 2070. The number of amides is 8. The molecule has 1 aliphatic rings. The predicted octanol–water partition coefficient (Wildman–Crippen LogP) is -2.76. The molecule has 14 N–H and O–H groups in total. The minimum absolute atomic E-state index is 0.0158. The van der Waals surface area contributed by atoms with Crippen molar-refractivity contribution in [3.05, 3.63) is 54.2 Å². The zero-order valence-corrected chi connectivity index (χ0v) is 34.0. The summed E-state index contributed by atoms with van der Waals surface area (Å²) in [7, 11) is 0. The largest absolute Gasteiger partial charge is 0.480 e. The lowest BCUT2D eigenvalue weighted by Crippen LogP contribution is -2.61. The monoisotopic (exact) mass is 850 g/mol. The zero-order valence-electron chi connectivity index (χ0n) is 34.0. The van der Waals surface area contributed by atoms with Crippen molar-refractivity contribution in [3.63, 3.8) is 0 Å². The van der Waals surface area contributed by atoms with E-state index in [1.165, 1.54) is 19.4 Å². The number of imidazole rings is 1. The van der Waals surface area contributed by atoms with Gasteiger partial charge >= 0.3 is 5.97 Å². The molecular formula is C39H54N12O10. The molecule has 22 nitrogen and oxygen atoms in total. The third kappa shape index (κ3) is 13.6. The molecule has 0 spiro atoms. The van der Waals surface area contributed by atoms with Gasteiger partial charge < -0.3 is 63.8 Å². The number of aliphatic carboxylic acids is 1. The molecule has 0 radical (unpaired) electrons. The fraction of sp³-hybridized carbons (Fsp3) is 0.487. The van der Waals surface area contributed by atoms with E-state index in [1.54, 1.807) is 26.1 Å². The van der Waals surface area contributed by atoms with Gasteiger partial charge in [-0.3, -0.25) is 43.2 Å². The zero-order chi connectivity index (χ0) is 44.8. The number of benzene rings is 1. The second kappa shape index (κ2) is 22.0. The fourth-order valence-electron chi connectivity index (χ4n) is 6.69. The van der Waals surface area contributed by atoms with Crippen molar-refractivity contribution < 1.29 is 48.3 Å². The number of nitrogens with zero attached hydrogens (tertiary/aromatic N) is 1. The summed E-state index contributed by atoms with van der Waals surface area (Å²) in [6, 6.07) is -2.02. The minimum Gasteiger partial charge on any atom is -0.480 e. The molecule has 330 valence electrons. The molecule has 1 aromatic carbocycles. The lowest BCUT2D eigenvalue weighted by molar-refractivity contribution is -0.142. The number of hydrogen-bond acceptors (Lipinski definition) is 11. The predicted molar refractivity (Wildman–Crippen MR) is 217 cm³/mol. The number of H-pyrrole nitrogens is 2. The quantitative estimate of drug-likeness (QED) is 0.0462. The summed E-state index contributed by atoms with van der Waals surface area (Å²) in [5.41, 5.74) is 12.7. The van der Waals surface area contributed by atoms with Crippen LogP contribution in [0.3, 0.4) is 0 Å². The third-order valence-corrected chi connectivity index (χ3v) is 10.3. The van der Waals surface area contributed by atoms with Crippen LogP contribution in [0, 0.1) is 5.92 Å². The number of carboxylic acids is 1. The van der Waals surface area contributed by atoms with E-state index < -0.39 is 114 Å². The topological polar surface area (TPSA) is 355 Å². The van der Waals surface area contributed by atoms with Crippen molar-refractivity contribution >= 4 is 64.1 Å². The highest BCUT2D eigenvalue weighted by Crippen LogP contribution is 2.20. The van der Waals surface area contributed by atoms with Crippen LogP contribution < -0.4 is 48.7 Å². The average molecular weight is 851 g/mol. The van der Waals surface area contributed by atoms with Gasteiger partial charge in [0.25, 0.3) is 0 Å². The number of carbonyl (C=O) groups excluding carboxylic acids is 8. The van der Waals surface area contributed by atoms with Crippen LogP contribution >= 0.6 is 0 Å². The van der Waals surface area contributed by atoms with Crippen molar-refractivity contribution in [1.82, 2.24) is 52.2 Å². The van der Waals surface area contributed by atoms with Crippen LogP contribution in [0.25, 0.3) is 10.9 Å². The number of nitrogens with two attached hydrogens (primary N) is 2. The molecule has 1 fully saturated rings. The van der Waals surface area contributed by atoms with Crippen molar-refractivity contribution in [2.75, 3.05) is 6.54 Å². The standard InChI is InChI=1S/C39H54N12O10/c1-4-19(2)32(38(59)50-28(14-30(40)52)34(55)46-20(3)39(60)61)51-37(58)29(15-31(41)53)49-35(56)26(12-21-16-44-24-9-6-5-8-23(21)24)47-36(57)27(13-22-17-42-18-45-22)48-33(54)25-10-7-11-43-25/h5-6,8-9,16-20,25-29,32,43-44H,4,7,10-15H2,1-3H3,(H2,40,52)(H2,41,53)(H,42,45)(H,46,55)(H,47,57)(H,48,54)(H,49,56)(H,50,59)(H,51,58)(H,60,61)/t19-,20-,25-,26-,27-,28-,29-,32-/m0/s1. The van der Waals surface area contributed by atoms with E-state index in [-0.39, 0.29) is 12.8 Å². The molecule has 1 saturated heterocycles. The van der Waals surface area contributed by atoms with Crippen molar-refractivity contribution in [3.8, 4) is 0 Å². The van der Waals surface area contributed by atoms with Gasteiger partial charge in [0, 0.05) is 41.8 Å². The number of hydrogen-bond donors (Lipinski definition) is 12. The van der Waals surface area contributed by atoms with Crippen LogP contribution in [0.2, 0.25) is 0 Å². The Morgan fingerprint density at radius 1 is 0.770 bits per heavy atom. The molecule has 3 aromatic rings. The highest BCUT2D eigenvalue weighted by molar-refractivity contribution is 5.99. The highest BCUT2D eigenvalue weighted by Gasteiger charge is 2.36. The molecule has 61 heavy (non-hydrogen) atoms. The number of rotatable bonds is 23. The Balaban J connectivity index is 1.60. The Labute approximate surface area is 350 Å². The van der Waals surface area contributed by atoms with Gasteiger partial charge in [0.1, 0.15) is 36.3 Å². The Morgan fingerprint density at radius 3 is 1.93 bits per heavy atom. The summed E-state index contributed by atoms with van der Waals surface area (Å²) in [5.74, 6) is -9.11. The molecule has 22 heteroatoms. The molecular weight excluding hydrogens is 797 g/mol. The van der Waals surface area contributed by atoms with Gasteiger partial charge in [-0.25, -0.2) is 4.98 Å². The smallest absolute Gasteiger partial charge is 0.325 e. The van der Waals surface area contributed by atoms with E-state index in [1.807, 2.05) is 18.2 Å². The molecule has 2 aromatic heterocycles. The van der Waals surface area contributed by atoms with Gasteiger partial charge in [-0.1, -0.05) is 38.5 Å². The number of primary amides is 2. The molecule has 4 rings (SSSR count). The maximum atomic E-state index is 14.3. The molecule has 3 heterocycles. The van der Waals surface area contributed by atoms with Crippen molar-refractivity contribution in [2.24, 2.45) is 17.4 Å². The first-order valence-corrected chi connectivity index (χ1v) is 19.8. The summed E-state index contributed by atoms with van der Waals surface area (Å²) >= 11 is 0. The molecule has 0 bridgehead atoms. The Kier molecular flexibility index (Phi) is 16.9. The summed E-state index contributed by atoms with van der Waals surface area (Å²) in [6.45, 7) is 5.09. The molecule has 0 saturated carbocycles. The first kappa shape index (κ1) is 46.8. The van der Waals surface area contributed by atoms with Crippen molar-refractivity contribution in [1.29, 1.82) is 0 Å². The molecule has 1 aliphatic heterocycles. The SMILES string of the molecule is CC[C@H](C)[C@H](NC(=O)[C@H](CC(N)=O)NC(=O)[C@H](Cc1c[nH]c2ccccc12)NC(=O)[C@H](Cc1cnc[nH]1)NC(=O)[C@@H]1CCCN1)C(=O)N[C@@H](CC(N)=O)C(=O)N[C@@H](C)C(=O)O. The first-order chi connectivity index (χ1) is 29.0. The number of carbonyl (C=O) groups is 9. The van der Waals surface area contributed by atoms with E-state index in [4.69, 9.17) is 11.5 Å². The van der Waals surface area contributed by atoms with Crippen LogP contribution in [0.5, 0.6) is 0 Å². The van der Waals surface area contributed by atoms with E-state index >= 15 is 0 Å². The van der Waals surface area contributed by atoms with Gasteiger partial charge in [-0.05, 0) is 43.9 Å². The van der Waals surface area contributed by atoms with E-state index in [2.05, 4.69) is 52.2 Å². The van der Waals surface area contributed by atoms with Gasteiger partial charge in [0.15, 0.2) is 0 Å². The second-order valence-corrected chi connectivity index (χ2v) is 15.0. The lowest BCUT2D eigenvalue weighted by atomic mass is 9.96. The van der Waals surface area contributed by atoms with E-state index in [9.17, 15) is 48.3 Å². The summed E-state index contributed by atoms with van der Waals surface area (Å²) in [6.07, 6.45) is 4.59. The van der Waals surface area contributed by atoms with Gasteiger partial charge in [0.2, 0.25) is 47.3 Å². The fourth-order valence-corrected chi connectivity index (χ4v) is 6.69. The first-order valence-electron chi connectivity index (χ1n) is 19.8. The lowest BCUT2D eigenvalue weighted by Gasteiger charge is -2.29. The van der Waals surface area contributed by atoms with Gasteiger partial charge in [-0.2, -0.15) is 0 Å². The normalized spacial score (nSPS) is 17.0. The number of para-hydroxylation sites is 1. The number of nitrogens with one attached hydrogen (secondary N) is 9. The maximum absolute atomic E-state index is 14.3. The molecule has 8 amide bonds. The van der Waals surface area contributed by atoms with E-state index in [0.717, 1.165) is 17.3 Å². The van der Waals surface area contributed by atoms with Crippen LogP contribution in [-0.4, -0.2) is 122 Å². The molecule has 8 atom stereocenters. The maximum Gasteiger partial charge on any atom is 0.325 e. The number of fused-ring (bicyclic) bond motifs is 1. The van der Waals surface area contributed by atoms with Crippen LogP contribution in [0.15, 0.2) is 43.0 Å². The summed E-state index contributed by atoms with van der Waals surface area (Å²) in [4.78, 5) is 128. The highest BCUT2D eigenvalue weighted by atomic mass is 16.4. The molecule has 0 aliphatic carbocycles. The number of aromatic amines is 2. The molecule has 0 unspecified atom stereocenters. The second-order valence-electron chi connectivity index (χ2n) is 15.0.